The van der Waals surface area contributed by atoms with E-state index in [0.29, 0.717) is 25.5 Å². The summed E-state index contributed by atoms with van der Waals surface area (Å²) < 4.78 is 9.98. The van der Waals surface area contributed by atoms with Crippen molar-refractivity contribution in [3.05, 3.63) is 33.8 Å². The minimum Gasteiger partial charge on any atom is -0.358 e. The van der Waals surface area contributed by atoms with Gasteiger partial charge >= 0.3 is 0 Å². The van der Waals surface area contributed by atoms with Gasteiger partial charge in [-0.15, -0.1) is 0 Å². The summed E-state index contributed by atoms with van der Waals surface area (Å²) in [7, 11) is 1.31. The van der Waals surface area contributed by atoms with E-state index in [1.807, 2.05) is 7.05 Å². The molecular weight excluding hydrogens is 378 g/mol. The molecule has 0 aliphatic heterocycles. The van der Waals surface area contributed by atoms with Gasteiger partial charge in [-0.2, -0.15) is 15.5 Å². The zero-order valence-corrected chi connectivity index (χ0v) is 16.3. The summed E-state index contributed by atoms with van der Waals surface area (Å²) in [4.78, 5) is 0. The molecule has 0 atom stereocenters. The molecule has 0 saturated heterocycles. The van der Waals surface area contributed by atoms with Crippen LogP contribution in [0.3, 0.4) is 0 Å². The van der Waals surface area contributed by atoms with Crippen LogP contribution in [-0.2, 0) is 24.9 Å². The highest BCUT2D eigenvalue weighted by Crippen LogP contribution is 2.33. The van der Waals surface area contributed by atoms with Gasteiger partial charge in [-0.05, 0) is 40.8 Å². The Hall–Kier alpha value is -1.30. The molecule has 6 nitrogen and oxygen atoms in total. The average Bonchev–Trinajstić information content (AvgIpc) is 3.01. The largest absolute Gasteiger partial charge is 0.358 e. The topological polar surface area (TPSA) is 68.7 Å². The molecule has 0 aromatic carbocycles. The second-order valence-corrected chi connectivity index (χ2v) is 11.6. The lowest BCUT2D eigenvalue weighted by Crippen LogP contribution is -2.12. The molecular formula is C15H22BrN5OS. The van der Waals surface area contributed by atoms with E-state index < -0.39 is 10.0 Å². The maximum absolute atomic E-state index is 9.25. The lowest BCUT2D eigenvalue weighted by molar-refractivity contribution is 0.0800. The van der Waals surface area contributed by atoms with Gasteiger partial charge in [0.1, 0.15) is 23.1 Å². The second kappa shape index (κ2) is 7.51. The Morgan fingerprint density at radius 1 is 1.39 bits per heavy atom. The maximum Gasteiger partial charge on any atom is 0.141 e. The summed E-state index contributed by atoms with van der Waals surface area (Å²) in [6, 6.07) is 3.98. The summed E-state index contributed by atoms with van der Waals surface area (Å²) in [5, 5.41) is 17.9. The van der Waals surface area contributed by atoms with Gasteiger partial charge in [0.25, 0.3) is 0 Å². The number of ether oxygens (including phenoxy) is 1. The van der Waals surface area contributed by atoms with Crippen molar-refractivity contribution in [3.8, 4) is 6.07 Å². The Morgan fingerprint density at radius 3 is 2.70 bits per heavy atom. The number of nitrogens with zero attached hydrogens (tertiary/aromatic N) is 5. The second-order valence-electron chi connectivity index (χ2n) is 6.23. The highest BCUT2D eigenvalue weighted by Gasteiger charge is 2.12. The van der Waals surface area contributed by atoms with Crippen LogP contribution < -0.4 is 0 Å². The number of aryl methyl sites for hydroxylation is 1. The molecule has 2 rings (SSSR count). The summed E-state index contributed by atoms with van der Waals surface area (Å²) in [6.45, 7) is 1.000. The Kier molecular flexibility index (Phi) is 5.89. The lowest BCUT2D eigenvalue weighted by atomic mass is 10.2. The van der Waals surface area contributed by atoms with Crippen LogP contribution in [0, 0.1) is 11.3 Å². The fraction of sp³-hybridized carbons (Fsp3) is 0.533. The monoisotopic (exact) mass is 399 g/mol. The zero-order chi connectivity index (χ0) is 17.0. The van der Waals surface area contributed by atoms with Gasteiger partial charge in [0.15, 0.2) is 0 Å². The van der Waals surface area contributed by atoms with Gasteiger partial charge < -0.3 is 4.74 Å². The minimum absolute atomic E-state index is 0.312. The molecule has 2 heterocycles. The highest BCUT2D eigenvalue weighted by atomic mass is 79.9. The zero-order valence-electron chi connectivity index (χ0n) is 13.9. The maximum atomic E-state index is 9.25. The van der Waals surface area contributed by atoms with Gasteiger partial charge in [-0.1, -0.05) is 0 Å². The molecule has 0 amide bonds. The molecule has 8 heteroatoms. The third-order valence-electron chi connectivity index (χ3n) is 3.31. The molecule has 2 aromatic heterocycles. The molecule has 0 bridgehead atoms. The molecule has 0 aliphatic rings. The third-order valence-corrected chi connectivity index (χ3v) is 5.72. The Balaban J connectivity index is 2.00. The van der Waals surface area contributed by atoms with Crippen molar-refractivity contribution in [2.45, 2.75) is 13.2 Å². The average molecular weight is 400 g/mol. The summed E-state index contributed by atoms with van der Waals surface area (Å²) >= 11 is 3.50. The highest BCUT2D eigenvalue weighted by molar-refractivity contribution is 9.10. The molecule has 0 aliphatic carbocycles. The van der Waals surface area contributed by atoms with E-state index in [2.05, 4.69) is 51.0 Å². The van der Waals surface area contributed by atoms with Crippen molar-refractivity contribution in [1.29, 1.82) is 5.26 Å². The van der Waals surface area contributed by atoms with E-state index in [1.54, 1.807) is 21.6 Å². The lowest BCUT2D eigenvalue weighted by Gasteiger charge is -2.24. The van der Waals surface area contributed by atoms with Crippen molar-refractivity contribution < 1.29 is 4.74 Å². The van der Waals surface area contributed by atoms with Crippen molar-refractivity contribution in [2.24, 2.45) is 7.05 Å². The van der Waals surface area contributed by atoms with E-state index >= 15 is 0 Å². The summed E-state index contributed by atoms with van der Waals surface area (Å²) in [5.74, 6) is 1.05. The van der Waals surface area contributed by atoms with Crippen molar-refractivity contribution in [3.63, 3.8) is 0 Å². The quantitative estimate of drug-likeness (QED) is 0.670. The molecule has 2 aromatic rings. The Labute approximate surface area is 146 Å². The van der Waals surface area contributed by atoms with Gasteiger partial charge in [-0.3, -0.25) is 4.68 Å². The van der Waals surface area contributed by atoms with E-state index in [0.717, 1.165) is 21.6 Å². The fourth-order valence-corrected chi connectivity index (χ4v) is 2.94. The van der Waals surface area contributed by atoms with E-state index in [4.69, 9.17) is 4.74 Å². The Morgan fingerprint density at radius 2 is 2.13 bits per heavy atom. The number of hydrogen-bond donors (Lipinski definition) is 0. The number of hydrogen-bond acceptors (Lipinski definition) is 4. The molecule has 126 valence electrons. The van der Waals surface area contributed by atoms with Crippen LogP contribution in [0.2, 0.25) is 0 Å². The van der Waals surface area contributed by atoms with Crippen LogP contribution in [-0.4, -0.2) is 50.7 Å². The molecule has 0 fully saturated rings. The van der Waals surface area contributed by atoms with Crippen LogP contribution in [0.15, 0.2) is 16.9 Å². The number of rotatable bonds is 7. The van der Waals surface area contributed by atoms with Crippen molar-refractivity contribution in [1.82, 2.24) is 19.6 Å². The Bertz CT molecular complexity index is 711. The summed E-state index contributed by atoms with van der Waals surface area (Å²) in [6.07, 6.45) is 9.21. The van der Waals surface area contributed by atoms with Crippen LogP contribution in [0.25, 0.3) is 0 Å². The molecule has 0 spiro atoms. The first kappa shape index (κ1) is 18.0. The van der Waals surface area contributed by atoms with Gasteiger partial charge in [0, 0.05) is 24.8 Å². The van der Waals surface area contributed by atoms with Crippen LogP contribution in [0.5, 0.6) is 0 Å². The predicted molar refractivity (Wildman–Crippen MR) is 96.8 cm³/mol. The van der Waals surface area contributed by atoms with Crippen molar-refractivity contribution >= 4 is 26.0 Å². The first-order valence-electron chi connectivity index (χ1n) is 7.17. The first-order chi connectivity index (χ1) is 10.8. The van der Waals surface area contributed by atoms with Crippen molar-refractivity contribution in [2.75, 3.05) is 31.1 Å². The van der Waals surface area contributed by atoms with E-state index in [1.165, 1.54) is 0 Å². The van der Waals surface area contributed by atoms with Crippen LogP contribution >= 0.6 is 26.0 Å². The number of halogens is 1. The van der Waals surface area contributed by atoms with Crippen LogP contribution in [0.1, 0.15) is 17.0 Å². The minimum atomic E-state index is -0.566. The summed E-state index contributed by atoms with van der Waals surface area (Å²) in [5.41, 5.74) is 2.39. The van der Waals surface area contributed by atoms with E-state index in [9.17, 15) is 5.26 Å². The third kappa shape index (κ3) is 5.09. The number of nitriles is 1. The van der Waals surface area contributed by atoms with Gasteiger partial charge in [0.2, 0.25) is 0 Å². The smallest absolute Gasteiger partial charge is 0.141 e. The molecule has 0 unspecified atom stereocenters. The SMILES string of the molecule is Cn1ncc(Cc2cc(C#N)n(COCCS(C)(C)C)n2)c1Br. The molecule has 0 saturated carbocycles. The molecule has 23 heavy (non-hydrogen) atoms. The molecule has 0 N–H and O–H groups in total. The number of aromatic nitrogens is 4. The van der Waals surface area contributed by atoms with Crippen LogP contribution in [0.4, 0.5) is 0 Å². The van der Waals surface area contributed by atoms with E-state index in [-0.39, 0.29) is 0 Å². The van der Waals surface area contributed by atoms with Gasteiger partial charge in [-0.25, -0.2) is 14.7 Å². The fourth-order valence-electron chi connectivity index (χ4n) is 1.99. The molecule has 0 radical (unpaired) electrons. The first-order valence-corrected chi connectivity index (χ1v) is 11.0. The van der Waals surface area contributed by atoms with Gasteiger partial charge in [0.05, 0.1) is 18.5 Å². The predicted octanol–water partition coefficient (Wildman–Crippen LogP) is 2.51. The normalized spacial score (nSPS) is 12.3. The standard InChI is InChI=1S/C15H22BrN5OS/c1-20-15(16)12(10-18-20)7-13-8-14(9-17)21(19-13)11-22-5-6-23(2,3)4/h8,10H,5-7,11H2,1-4H3.